The van der Waals surface area contributed by atoms with Gasteiger partial charge < -0.3 is 15.4 Å². The molecule has 1 aliphatic carbocycles. The van der Waals surface area contributed by atoms with Gasteiger partial charge in [0.05, 0.1) is 30.3 Å². The van der Waals surface area contributed by atoms with Crippen molar-refractivity contribution in [2.24, 2.45) is 30.7 Å². The van der Waals surface area contributed by atoms with E-state index in [1.807, 2.05) is 13.1 Å². The van der Waals surface area contributed by atoms with Gasteiger partial charge in [-0.25, -0.2) is 0 Å². The van der Waals surface area contributed by atoms with Crippen molar-refractivity contribution in [1.29, 1.82) is 0 Å². The molecule has 0 spiro atoms. The highest BCUT2D eigenvalue weighted by molar-refractivity contribution is 7.20. The second-order valence-corrected chi connectivity index (χ2v) is 8.64. The molecule has 140 valence electrons. The van der Waals surface area contributed by atoms with Crippen LogP contribution in [-0.2, 0) is 23.1 Å². The molecule has 2 aromatic heterocycles. The number of aryl methyl sites for hydroxylation is 1. The highest BCUT2D eigenvalue weighted by Crippen LogP contribution is 2.50. The minimum Gasteiger partial charge on any atom is -0.381 e. The lowest BCUT2D eigenvalue weighted by Gasteiger charge is -2.06. The molecule has 4 rings (SSSR count). The normalized spacial score (nSPS) is 24.1. The van der Waals surface area contributed by atoms with Gasteiger partial charge >= 0.3 is 0 Å². The van der Waals surface area contributed by atoms with Crippen LogP contribution in [0.3, 0.4) is 0 Å². The van der Waals surface area contributed by atoms with Crippen molar-refractivity contribution in [3.63, 3.8) is 0 Å². The molecule has 2 aliphatic rings. The van der Waals surface area contributed by atoms with Crippen molar-refractivity contribution in [3.05, 3.63) is 16.6 Å². The zero-order chi connectivity index (χ0) is 18.4. The Morgan fingerprint density at radius 2 is 2.08 bits per heavy atom. The fourth-order valence-electron chi connectivity index (χ4n) is 3.65. The van der Waals surface area contributed by atoms with Crippen molar-refractivity contribution in [1.82, 2.24) is 20.4 Å². The summed E-state index contributed by atoms with van der Waals surface area (Å²) >= 11 is 1.43. The number of rotatable bonds is 6. The minimum atomic E-state index is -0.0549. The van der Waals surface area contributed by atoms with E-state index in [0.717, 1.165) is 15.9 Å². The van der Waals surface area contributed by atoms with Gasteiger partial charge in [0, 0.05) is 24.9 Å². The van der Waals surface area contributed by atoms with Gasteiger partial charge in [-0.05, 0) is 23.8 Å². The van der Waals surface area contributed by atoms with Gasteiger partial charge in [-0.3, -0.25) is 14.3 Å². The lowest BCUT2D eigenvalue weighted by molar-refractivity contribution is -0.123. The van der Waals surface area contributed by atoms with Crippen molar-refractivity contribution in [2.75, 3.05) is 19.8 Å². The van der Waals surface area contributed by atoms with E-state index >= 15 is 0 Å². The molecule has 26 heavy (non-hydrogen) atoms. The Labute approximate surface area is 156 Å². The number of thiophene rings is 1. The number of nitrogens with zero attached hydrogens (tertiary/aromatic N) is 2. The highest BCUT2D eigenvalue weighted by atomic mass is 32.1. The van der Waals surface area contributed by atoms with Crippen LogP contribution in [0.25, 0.3) is 10.2 Å². The molecule has 3 atom stereocenters. The first-order chi connectivity index (χ1) is 12.5. The van der Waals surface area contributed by atoms with E-state index in [1.54, 1.807) is 4.68 Å². The Balaban J connectivity index is 1.44. The van der Waals surface area contributed by atoms with Gasteiger partial charge in [0.25, 0.3) is 5.91 Å². The summed E-state index contributed by atoms with van der Waals surface area (Å²) in [7, 11) is 1.86. The average molecular weight is 376 g/mol. The maximum atomic E-state index is 12.3. The summed E-state index contributed by atoms with van der Waals surface area (Å²) in [5.41, 5.74) is 0.803. The molecule has 1 unspecified atom stereocenters. The number of amides is 2. The first-order valence-electron chi connectivity index (χ1n) is 9.04. The van der Waals surface area contributed by atoms with Crippen LogP contribution in [0.4, 0.5) is 0 Å². The lowest BCUT2D eigenvalue weighted by Crippen LogP contribution is -2.27. The predicted molar refractivity (Wildman–Crippen MR) is 98.9 cm³/mol. The van der Waals surface area contributed by atoms with E-state index in [4.69, 9.17) is 4.74 Å². The Hall–Kier alpha value is -1.93. The molecule has 1 aliphatic heterocycles. The summed E-state index contributed by atoms with van der Waals surface area (Å²) in [6.07, 6.45) is 0. The molecule has 0 bridgehead atoms. The van der Waals surface area contributed by atoms with Crippen LogP contribution in [0.2, 0.25) is 0 Å². The molecule has 0 radical (unpaired) electrons. The van der Waals surface area contributed by atoms with Crippen LogP contribution < -0.4 is 10.6 Å². The van der Waals surface area contributed by atoms with Gasteiger partial charge in [0.2, 0.25) is 5.91 Å². The van der Waals surface area contributed by atoms with E-state index in [-0.39, 0.29) is 17.7 Å². The summed E-state index contributed by atoms with van der Waals surface area (Å²) in [4.78, 5) is 26.3. The van der Waals surface area contributed by atoms with Crippen LogP contribution in [0.1, 0.15) is 29.2 Å². The number of ether oxygens (including phenoxy) is 1. The molecular formula is C18H24N4O3S. The molecule has 2 fully saturated rings. The first-order valence-corrected chi connectivity index (χ1v) is 9.86. The fourth-order valence-corrected chi connectivity index (χ4v) is 4.66. The van der Waals surface area contributed by atoms with Gasteiger partial charge in [0.15, 0.2) is 0 Å². The SMILES string of the molecule is CC(C)CNC(=O)c1cc2c(CNC(=O)C3[C@H]4COC[C@@H]34)nn(C)c2s1. The van der Waals surface area contributed by atoms with Crippen LogP contribution in [0.5, 0.6) is 0 Å². The number of hydrogen-bond donors (Lipinski definition) is 2. The smallest absolute Gasteiger partial charge is 0.261 e. The molecule has 3 heterocycles. The van der Waals surface area contributed by atoms with Gasteiger partial charge in [-0.15, -0.1) is 11.3 Å². The summed E-state index contributed by atoms with van der Waals surface area (Å²) in [5.74, 6) is 1.34. The molecule has 2 N–H and O–H groups in total. The number of carbonyl (C=O) groups excluding carboxylic acids is 2. The second-order valence-electron chi connectivity index (χ2n) is 7.61. The second kappa shape index (κ2) is 6.66. The van der Waals surface area contributed by atoms with E-state index in [9.17, 15) is 9.59 Å². The standard InChI is InChI=1S/C18H24N4O3S/c1-9(2)5-19-16(23)14-4-10-13(21-22(3)18(10)26-14)6-20-17(24)15-11-7-25-8-12(11)15/h4,9,11-12,15H,5-8H2,1-3H3,(H,19,23)(H,20,24)/t11-,12+,15?. The lowest BCUT2D eigenvalue weighted by atomic mass is 10.2. The number of aromatic nitrogens is 2. The summed E-state index contributed by atoms with van der Waals surface area (Å²) < 4.78 is 7.12. The van der Waals surface area contributed by atoms with Crippen LogP contribution in [0, 0.1) is 23.7 Å². The summed E-state index contributed by atoms with van der Waals surface area (Å²) in [6, 6.07) is 1.88. The van der Waals surface area contributed by atoms with Crippen molar-refractivity contribution in [2.45, 2.75) is 20.4 Å². The van der Waals surface area contributed by atoms with E-state index in [1.165, 1.54) is 11.3 Å². The number of carbonyl (C=O) groups is 2. The third-order valence-electron chi connectivity index (χ3n) is 5.17. The zero-order valence-corrected chi connectivity index (χ0v) is 16.1. The maximum absolute atomic E-state index is 12.3. The molecule has 2 amide bonds. The predicted octanol–water partition coefficient (Wildman–Crippen LogP) is 1.53. The number of nitrogens with one attached hydrogen (secondary N) is 2. The van der Waals surface area contributed by atoms with E-state index in [0.29, 0.717) is 48.9 Å². The topological polar surface area (TPSA) is 85.2 Å². The van der Waals surface area contributed by atoms with Crippen LogP contribution >= 0.6 is 11.3 Å². The van der Waals surface area contributed by atoms with Crippen molar-refractivity contribution < 1.29 is 14.3 Å². The number of hydrogen-bond acceptors (Lipinski definition) is 5. The summed E-state index contributed by atoms with van der Waals surface area (Å²) in [6.45, 7) is 6.58. The highest BCUT2D eigenvalue weighted by Gasteiger charge is 2.57. The van der Waals surface area contributed by atoms with Crippen molar-refractivity contribution in [3.8, 4) is 0 Å². The Morgan fingerprint density at radius 3 is 2.77 bits per heavy atom. The maximum Gasteiger partial charge on any atom is 0.261 e. The third-order valence-corrected chi connectivity index (χ3v) is 6.37. The minimum absolute atomic E-state index is 0.0549. The number of fused-ring (bicyclic) bond motifs is 2. The zero-order valence-electron chi connectivity index (χ0n) is 15.2. The molecule has 0 aromatic carbocycles. The Morgan fingerprint density at radius 1 is 1.35 bits per heavy atom. The first kappa shape index (κ1) is 17.5. The molecule has 1 saturated carbocycles. The van der Waals surface area contributed by atoms with Gasteiger partial charge in [-0.1, -0.05) is 13.8 Å². The molecule has 8 heteroatoms. The van der Waals surface area contributed by atoms with Gasteiger partial charge in [0.1, 0.15) is 4.83 Å². The quantitative estimate of drug-likeness (QED) is 0.801. The summed E-state index contributed by atoms with van der Waals surface area (Å²) in [5, 5.41) is 11.4. The van der Waals surface area contributed by atoms with Crippen LogP contribution in [-0.4, -0.2) is 41.4 Å². The molecule has 7 nitrogen and oxygen atoms in total. The van der Waals surface area contributed by atoms with Gasteiger partial charge in [-0.2, -0.15) is 5.10 Å². The van der Waals surface area contributed by atoms with Crippen molar-refractivity contribution >= 4 is 33.4 Å². The molecule has 1 saturated heterocycles. The van der Waals surface area contributed by atoms with E-state index < -0.39 is 0 Å². The largest absolute Gasteiger partial charge is 0.381 e. The van der Waals surface area contributed by atoms with E-state index in [2.05, 4.69) is 29.6 Å². The fraction of sp³-hybridized carbons (Fsp3) is 0.611. The Kier molecular flexibility index (Phi) is 4.48. The third kappa shape index (κ3) is 3.12. The van der Waals surface area contributed by atoms with Crippen LogP contribution in [0.15, 0.2) is 6.07 Å². The molecular weight excluding hydrogens is 352 g/mol. The molecule has 2 aromatic rings. The monoisotopic (exact) mass is 376 g/mol. The average Bonchev–Trinajstić information content (AvgIpc) is 3.00. The Bertz CT molecular complexity index is 846.